The predicted octanol–water partition coefficient (Wildman–Crippen LogP) is 1.50. The van der Waals surface area contributed by atoms with E-state index in [0.717, 1.165) is 31.0 Å². The van der Waals surface area contributed by atoms with E-state index >= 15 is 0 Å². The lowest BCUT2D eigenvalue weighted by Crippen LogP contribution is -2.27. The highest BCUT2D eigenvalue weighted by atomic mass is 16.3. The normalized spacial score (nSPS) is 33.2. The summed E-state index contributed by atoms with van der Waals surface area (Å²) in [5, 5.41) is 4.71. The summed E-state index contributed by atoms with van der Waals surface area (Å²) in [6.07, 6.45) is 0. The molecule has 4 rings (SSSR count). The van der Waals surface area contributed by atoms with Gasteiger partial charge in [-0.15, -0.1) is 0 Å². The molecule has 0 bridgehead atoms. The van der Waals surface area contributed by atoms with Crippen molar-refractivity contribution in [3.63, 3.8) is 0 Å². The Labute approximate surface area is 87.7 Å². The highest BCUT2D eigenvalue weighted by Crippen LogP contribution is 2.44. The maximum atomic E-state index is 5.89. The van der Waals surface area contributed by atoms with Crippen molar-refractivity contribution in [3.8, 4) is 0 Å². The first-order valence-electron chi connectivity index (χ1n) is 5.38. The highest BCUT2D eigenvalue weighted by Gasteiger charge is 2.58. The van der Waals surface area contributed by atoms with Gasteiger partial charge in [-0.05, 0) is 12.1 Å². The van der Waals surface area contributed by atoms with Crippen molar-refractivity contribution in [2.45, 2.75) is 5.66 Å². The van der Waals surface area contributed by atoms with Gasteiger partial charge in [0.25, 0.3) is 0 Å². The smallest absolute Gasteiger partial charge is 0.144 e. The van der Waals surface area contributed by atoms with Crippen LogP contribution in [0.25, 0.3) is 11.0 Å². The Morgan fingerprint density at radius 2 is 2.27 bits per heavy atom. The van der Waals surface area contributed by atoms with E-state index < -0.39 is 0 Å². The number of hydrogen-bond donors (Lipinski definition) is 1. The molecule has 2 atom stereocenters. The minimum absolute atomic E-state index is 0.0407. The van der Waals surface area contributed by atoms with Crippen LogP contribution in [0.5, 0.6) is 0 Å². The zero-order chi connectivity index (χ0) is 9.88. The van der Waals surface area contributed by atoms with Gasteiger partial charge in [-0.2, -0.15) is 0 Å². The van der Waals surface area contributed by atoms with Crippen molar-refractivity contribution in [1.82, 2.24) is 10.2 Å². The van der Waals surface area contributed by atoms with Gasteiger partial charge in [-0.3, -0.25) is 10.2 Å². The van der Waals surface area contributed by atoms with Crippen LogP contribution in [-0.2, 0) is 5.66 Å². The third-order valence-electron chi connectivity index (χ3n) is 3.49. The van der Waals surface area contributed by atoms with Crippen LogP contribution in [0.1, 0.15) is 5.76 Å². The Bertz CT molecular complexity index is 500. The number of piperazine rings is 1. The van der Waals surface area contributed by atoms with Gasteiger partial charge in [0, 0.05) is 25.0 Å². The number of nitrogens with one attached hydrogen (secondary N) is 1. The summed E-state index contributed by atoms with van der Waals surface area (Å²) in [6.45, 7) is 3.29. The van der Waals surface area contributed by atoms with Gasteiger partial charge in [-0.1, -0.05) is 18.2 Å². The Morgan fingerprint density at radius 3 is 3.00 bits per heavy atom. The average Bonchev–Trinajstić information content (AvgIpc) is 2.68. The first kappa shape index (κ1) is 7.91. The lowest BCUT2D eigenvalue weighted by atomic mass is 10.2. The van der Waals surface area contributed by atoms with E-state index in [9.17, 15) is 0 Å². The van der Waals surface area contributed by atoms with Crippen LogP contribution in [0.2, 0.25) is 0 Å². The molecule has 1 N–H and O–H groups in total. The molecule has 2 saturated heterocycles. The molecule has 0 amide bonds. The quantitative estimate of drug-likeness (QED) is 0.707. The van der Waals surface area contributed by atoms with Crippen molar-refractivity contribution in [1.29, 1.82) is 0 Å². The fourth-order valence-corrected chi connectivity index (χ4v) is 2.58. The van der Waals surface area contributed by atoms with Gasteiger partial charge < -0.3 is 4.42 Å². The van der Waals surface area contributed by atoms with E-state index in [-0.39, 0.29) is 5.66 Å². The minimum atomic E-state index is 0.0407. The Kier molecular flexibility index (Phi) is 1.28. The van der Waals surface area contributed by atoms with Gasteiger partial charge >= 0.3 is 0 Å². The molecule has 0 aliphatic carbocycles. The van der Waals surface area contributed by atoms with E-state index in [0.29, 0.717) is 0 Å². The number of nitrogens with zero attached hydrogens (tertiary/aromatic N) is 1. The van der Waals surface area contributed by atoms with E-state index in [1.165, 1.54) is 5.39 Å². The van der Waals surface area contributed by atoms with Gasteiger partial charge in [0.2, 0.25) is 0 Å². The van der Waals surface area contributed by atoms with E-state index in [4.69, 9.17) is 4.42 Å². The van der Waals surface area contributed by atoms with Crippen molar-refractivity contribution in [2.24, 2.45) is 0 Å². The standard InChI is InChI=1S/C12H12N2O/c1-2-4-10-9(3-1)7-11(15-10)12-8-14(12)6-5-13-12/h1-4,7,13H,5-6,8H2. The SMILES string of the molecule is c1ccc2oc(C34CN3CCN4)cc2c1. The first-order valence-corrected chi connectivity index (χ1v) is 5.38. The van der Waals surface area contributed by atoms with Crippen LogP contribution in [0, 0.1) is 0 Å². The van der Waals surface area contributed by atoms with Gasteiger partial charge in [0.15, 0.2) is 0 Å². The summed E-state index contributed by atoms with van der Waals surface area (Å²) in [5.74, 6) is 1.07. The van der Waals surface area contributed by atoms with Crippen LogP contribution in [0.4, 0.5) is 0 Å². The Morgan fingerprint density at radius 1 is 1.33 bits per heavy atom. The monoisotopic (exact) mass is 200 g/mol. The van der Waals surface area contributed by atoms with Crippen LogP contribution < -0.4 is 5.32 Å². The summed E-state index contributed by atoms with van der Waals surface area (Å²) in [5.41, 5.74) is 1.03. The lowest BCUT2D eigenvalue weighted by Gasteiger charge is -2.06. The van der Waals surface area contributed by atoms with Crippen LogP contribution in [0.15, 0.2) is 34.7 Å². The van der Waals surface area contributed by atoms with Gasteiger partial charge in [-0.25, -0.2) is 0 Å². The number of rotatable bonds is 1. The molecule has 3 nitrogen and oxygen atoms in total. The topological polar surface area (TPSA) is 28.2 Å². The zero-order valence-corrected chi connectivity index (χ0v) is 8.36. The van der Waals surface area contributed by atoms with Crippen molar-refractivity contribution in [2.75, 3.05) is 19.6 Å². The maximum Gasteiger partial charge on any atom is 0.144 e. The van der Waals surface area contributed by atoms with Crippen molar-refractivity contribution >= 4 is 11.0 Å². The molecule has 0 spiro atoms. The number of furan rings is 1. The summed E-state index contributed by atoms with van der Waals surface area (Å²) in [7, 11) is 0. The molecule has 0 saturated carbocycles. The highest BCUT2D eigenvalue weighted by molar-refractivity contribution is 5.78. The zero-order valence-electron chi connectivity index (χ0n) is 8.36. The molecule has 2 aliphatic heterocycles. The molecule has 1 aromatic carbocycles. The molecule has 3 heteroatoms. The second-order valence-electron chi connectivity index (χ2n) is 4.36. The fraction of sp³-hybridized carbons (Fsp3) is 0.333. The molecule has 76 valence electrons. The first-order chi connectivity index (χ1) is 7.38. The van der Waals surface area contributed by atoms with Crippen molar-refractivity contribution in [3.05, 3.63) is 36.1 Å². The Hall–Kier alpha value is -1.32. The van der Waals surface area contributed by atoms with Crippen LogP contribution in [0.3, 0.4) is 0 Å². The summed E-state index contributed by atoms with van der Waals surface area (Å²) in [6, 6.07) is 10.3. The van der Waals surface area contributed by atoms with Crippen LogP contribution >= 0.6 is 0 Å². The molecule has 1 aromatic heterocycles. The summed E-state index contributed by atoms with van der Waals surface area (Å²) < 4.78 is 5.89. The van der Waals surface area contributed by atoms with Crippen LogP contribution in [-0.4, -0.2) is 24.5 Å². The molecule has 15 heavy (non-hydrogen) atoms. The fourth-order valence-electron chi connectivity index (χ4n) is 2.58. The molecular formula is C12H12N2O. The summed E-state index contributed by atoms with van der Waals surface area (Å²) in [4.78, 5) is 2.41. The third-order valence-corrected chi connectivity index (χ3v) is 3.49. The van der Waals surface area contributed by atoms with Crippen molar-refractivity contribution < 1.29 is 4.42 Å². The Balaban J connectivity index is 1.89. The number of hydrogen-bond acceptors (Lipinski definition) is 3. The molecule has 2 aromatic rings. The number of fused-ring (bicyclic) bond motifs is 2. The van der Waals surface area contributed by atoms with E-state index in [1.807, 2.05) is 18.2 Å². The summed E-state index contributed by atoms with van der Waals surface area (Å²) >= 11 is 0. The van der Waals surface area contributed by atoms with Gasteiger partial charge in [0.05, 0.1) is 0 Å². The average molecular weight is 200 g/mol. The second kappa shape index (κ2) is 2.43. The minimum Gasteiger partial charge on any atom is -0.458 e. The molecule has 3 heterocycles. The molecular weight excluding hydrogens is 188 g/mol. The molecule has 0 radical (unpaired) electrons. The number of benzene rings is 1. The number of para-hydroxylation sites is 1. The molecule has 2 aliphatic rings. The largest absolute Gasteiger partial charge is 0.458 e. The third kappa shape index (κ3) is 0.919. The maximum absolute atomic E-state index is 5.89. The van der Waals surface area contributed by atoms with E-state index in [2.05, 4.69) is 22.3 Å². The van der Waals surface area contributed by atoms with E-state index in [1.54, 1.807) is 0 Å². The molecule has 2 fully saturated rings. The predicted molar refractivity (Wildman–Crippen MR) is 57.5 cm³/mol. The van der Waals surface area contributed by atoms with Gasteiger partial charge in [0.1, 0.15) is 17.0 Å². The lowest BCUT2D eigenvalue weighted by molar-refractivity contribution is 0.390. The second-order valence-corrected chi connectivity index (χ2v) is 4.36. The molecule has 2 unspecified atom stereocenters.